The summed E-state index contributed by atoms with van der Waals surface area (Å²) in [5.74, 6) is 0.310. The number of phenolic OH excluding ortho intramolecular Hbond substituents is 1. The zero-order valence-corrected chi connectivity index (χ0v) is 15.9. The van der Waals surface area contributed by atoms with Crippen LogP contribution >= 0.6 is 11.6 Å². The monoisotopic (exact) mass is 378 g/mol. The van der Waals surface area contributed by atoms with Crippen LogP contribution in [0.4, 0.5) is 5.69 Å². The Labute approximate surface area is 165 Å². The molecule has 3 aromatic carbocycles. The number of hydrogen-bond donors (Lipinski definition) is 1. The molecule has 0 radical (unpaired) electrons. The van der Waals surface area contributed by atoms with E-state index in [1.807, 2.05) is 24.3 Å². The van der Waals surface area contributed by atoms with Crippen molar-refractivity contribution in [3.8, 4) is 5.75 Å². The molecule has 1 aliphatic rings. The van der Waals surface area contributed by atoms with Gasteiger partial charge in [0.05, 0.1) is 6.04 Å². The van der Waals surface area contributed by atoms with Crippen LogP contribution in [0.2, 0.25) is 5.02 Å². The van der Waals surface area contributed by atoms with Crippen molar-refractivity contribution in [2.75, 3.05) is 31.1 Å². The topological polar surface area (TPSA) is 26.7 Å². The first-order valence-electron chi connectivity index (χ1n) is 9.29. The molecule has 138 valence electrons. The number of benzene rings is 3. The van der Waals surface area contributed by atoms with Gasteiger partial charge in [0.1, 0.15) is 5.75 Å². The first-order chi connectivity index (χ1) is 13.2. The summed E-state index contributed by atoms with van der Waals surface area (Å²) in [6.45, 7) is 3.87. The highest BCUT2D eigenvalue weighted by molar-refractivity contribution is 6.30. The van der Waals surface area contributed by atoms with Crippen molar-refractivity contribution >= 4 is 17.3 Å². The van der Waals surface area contributed by atoms with Crippen molar-refractivity contribution in [1.82, 2.24) is 4.90 Å². The molecule has 1 heterocycles. The largest absolute Gasteiger partial charge is 0.508 e. The minimum atomic E-state index is 0.227. The maximum absolute atomic E-state index is 9.51. The molecule has 1 fully saturated rings. The summed E-state index contributed by atoms with van der Waals surface area (Å²) in [7, 11) is 0. The van der Waals surface area contributed by atoms with Crippen LogP contribution in [-0.2, 0) is 0 Å². The van der Waals surface area contributed by atoms with E-state index in [1.54, 1.807) is 12.1 Å². The SMILES string of the molecule is Oc1ccc(N2CCN([C@@H](c3ccccc3)c3ccc(Cl)cc3)CC2)cc1. The average molecular weight is 379 g/mol. The van der Waals surface area contributed by atoms with Crippen molar-refractivity contribution in [2.45, 2.75) is 6.04 Å². The van der Waals surface area contributed by atoms with Gasteiger partial charge in [0.15, 0.2) is 0 Å². The number of hydrogen-bond acceptors (Lipinski definition) is 3. The van der Waals surface area contributed by atoms with Crippen LogP contribution in [0, 0.1) is 0 Å². The first kappa shape index (κ1) is 17.9. The molecule has 0 bridgehead atoms. The van der Waals surface area contributed by atoms with E-state index in [1.165, 1.54) is 11.1 Å². The van der Waals surface area contributed by atoms with Crippen molar-refractivity contribution < 1.29 is 5.11 Å². The van der Waals surface area contributed by atoms with E-state index < -0.39 is 0 Å². The maximum Gasteiger partial charge on any atom is 0.115 e. The van der Waals surface area contributed by atoms with Crippen molar-refractivity contribution in [3.05, 3.63) is 95.0 Å². The quantitative estimate of drug-likeness (QED) is 0.695. The lowest BCUT2D eigenvalue weighted by Crippen LogP contribution is -2.47. The van der Waals surface area contributed by atoms with E-state index in [2.05, 4.69) is 52.3 Å². The molecule has 1 aliphatic heterocycles. The van der Waals surface area contributed by atoms with Gasteiger partial charge in [-0.3, -0.25) is 4.90 Å². The third kappa shape index (κ3) is 4.10. The molecule has 0 amide bonds. The Morgan fingerprint density at radius 1 is 0.704 bits per heavy atom. The van der Waals surface area contributed by atoms with Gasteiger partial charge in [-0.05, 0) is 47.5 Å². The third-order valence-corrected chi connectivity index (χ3v) is 5.45. The van der Waals surface area contributed by atoms with Crippen molar-refractivity contribution in [3.63, 3.8) is 0 Å². The van der Waals surface area contributed by atoms with E-state index >= 15 is 0 Å². The zero-order chi connectivity index (χ0) is 18.6. The van der Waals surface area contributed by atoms with Gasteiger partial charge < -0.3 is 10.0 Å². The lowest BCUT2D eigenvalue weighted by Gasteiger charge is -2.40. The fourth-order valence-electron chi connectivity index (χ4n) is 3.80. The highest BCUT2D eigenvalue weighted by Gasteiger charge is 2.26. The number of piperazine rings is 1. The molecule has 0 unspecified atom stereocenters. The fraction of sp³-hybridized carbons (Fsp3) is 0.217. The summed E-state index contributed by atoms with van der Waals surface area (Å²) in [5.41, 5.74) is 3.73. The second-order valence-electron chi connectivity index (χ2n) is 6.90. The van der Waals surface area contributed by atoms with Crippen LogP contribution < -0.4 is 4.90 Å². The van der Waals surface area contributed by atoms with Crippen LogP contribution in [0.3, 0.4) is 0 Å². The molecule has 1 N–H and O–H groups in total. The van der Waals surface area contributed by atoms with Crippen LogP contribution in [0.1, 0.15) is 17.2 Å². The smallest absolute Gasteiger partial charge is 0.115 e. The van der Waals surface area contributed by atoms with E-state index in [-0.39, 0.29) is 6.04 Å². The average Bonchev–Trinajstić information content (AvgIpc) is 2.72. The minimum Gasteiger partial charge on any atom is -0.508 e. The van der Waals surface area contributed by atoms with Gasteiger partial charge in [-0.2, -0.15) is 0 Å². The summed E-state index contributed by atoms with van der Waals surface area (Å²) in [5, 5.41) is 10.3. The van der Waals surface area contributed by atoms with Crippen LogP contribution in [0.5, 0.6) is 5.75 Å². The van der Waals surface area contributed by atoms with Crippen LogP contribution in [-0.4, -0.2) is 36.2 Å². The summed E-state index contributed by atoms with van der Waals surface area (Å²) in [6, 6.07) is 26.6. The van der Waals surface area contributed by atoms with Gasteiger partial charge in [0.2, 0.25) is 0 Å². The molecule has 0 aliphatic carbocycles. The van der Waals surface area contributed by atoms with E-state index in [4.69, 9.17) is 11.6 Å². The summed E-state index contributed by atoms with van der Waals surface area (Å²) < 4.78 is 0. The summed E-state index contributed by atoms with van der Waals surface area (Å²) >= 11 is 6.11. The van der Waals surface area contributed by atoms with Gasteiger partial charge in [-0.15, -0.1) is 0 Å². The number of nitrogens with zero attached hydrogens (tertiary/aromatic N) is 2. The summed E-state index contributed by atoms with van der Waals surface area (Å²) in [4.78, 5) is 4.91. The molecule has 27 heavy (non-hydrogen) atoms. The molecule has 0 saturated carbocycles. The minimum absolute atomic E-state index is 0.227. The van der Waals surface area contributed by atoms with E-state index in [0.717, 1.165) is 36.9 Å². The van der Waals surface area contributed by atoms with Gasteiger partial charge in [0, 0.05) is 36.9 Å². The Hall–Kier alpha value is -2.49. The van der Waals surface area contributed by atoms with Gasteiger partial charge in [0.25, 0.3) is 0 Å². The lowest BCUT2D eigenvalue weighted by atomic mass is 9.96. The molecule has 4 heteroatoms. The third-order valence-electron chi connectivity index (χ3n) is 5.20. The number of halogens is 1. The van der Waals surface area contributed by atoms with Gasteiger partial charge >= 0.3 is 0 Å². The Balaban J connectivity index is 1.55. The number of rotatable bonds is 4. The lowest BCUT2D eigenvalue weighted by molar-refractivity contribution is 0.212. The normalized spacial score (nSPS) is 16.3. The molecular weight excluding hydrogens is 356 g/mol. The molecular formula is C23H23ClN2O. The van der Waals surface area contributed by atoms with Crippen molar-refractivity contribution in [2.24, 2.45) is 0 Å². The molecule has 1 saturated heterocycles. The summed E-state index contributed by atoms with van der Waals surface area (Å²) in [6.07, 6.45) is 0. The number of anilines is 1. The zero-order valence-electron chi connectivity index (χ0n) is 15.1. The molecule has 4 rings (SSSR count). The second-order valence-corrected chi connectivity index (χ2v) is 7.34. The Morgan fingerprint density at radius 2 is 1.30 bits per heavy atom. The van der Waals surface area contributed by atoms with E-state index in [0.29, 0.717) is 5.75 Å². The predicted octanol–water partition coefficient (Wildman–Crippen LogP) is 4.96. The highest BCUT2D eigenvalue weighted by Crippen LogP contribution is 2.31. The highest BCUT2D eigenvalue weighted by atomic mass is 35.5. The molecule has 0 aromatic heterocycles. The van der Waals surface area contributed by atoms with Crippen LogP contribution in [0.15, 0.2) is 78.9 Å². The Morgan fingerprint density at radius 3 is 1.93 bits per heavy atom. The first-order valence-corrected chi connectivity index (χ1v) is 9.67. The molecule has 3 aromatic rings. The number of aromatic hydroxyl groups is 1. The second kappa shape index (κ2) is 8.03. The van der Waals surface area contributed by atoms with Crippen LogP contribution in [0.25, 0.3) is 0 Å². The van der Waals surface area contributed by atoms with Gasteiger partial charge in [-0.1, -0.05) is 54.1 Å². The standard InChI is InChI=1S/C23H23ClN2O/c24-20-8-6-19(7-9-20)23(18-4-2-1-3-5-18)26-16-14-25(15-17-26)21-10-12-22(27)13-11-21/h1-13,23,27H,14-17H2/t23-/m0/s1. The number of phenols is 1. The molecule has 3 nitrogen and oxygen atoms in total. The van der Waals surface area contributed by atoms with Crippen molar-refractivity contribution in [1.29, 1.82) is 0 Å². The Bertz CT molecular complexity index is 857. The maximum atomic E-state index is 9.51. The Kier molecular flexibility index (Phi) is 5.33. The molecule has 1 atom stereocenters. The molecule has 0 spiro atoms. The predicted molar refractivity (Wildman–Crippen MR) is 112 cm³/mol. The fourth-order valence-corrected chi connectivity index (χ4v) is 3.92. The van der Waals surface area contributed by atoms with E-state index in [9.17, 15) is 5.11 Å². The van der Waals surface area contributed by atoms with Gasteiger partial charge in [-0.25, -0.2) is 0 Å².